The summed E-state index contributed by atoms with van der Waals surface area (Å²) < 4.78 is 19.5. The second kappa shape index (κ2) is 5.19. The molecule has 0 aliphatic rings. The molecule has 2 rings (SSSR count). The highest BCUT2D eigenvalue weighted by atomic mass is 19.1. The predicted octanol–water partition coefficient (Wildman–Crippen LogP) is 3.95. The van der Waals surface area contributed by atoms with Crippen LogP contribution in [-0.2, 0) is 0 Å². The van der Waals surface area contributed by atoms with Crippen molar-refractivity contribution in [3.05, 3.63) is 59.4 Å². The van der Waals surface area contributed by atoms with E-state index in [0.29, 0.717) is 11.3 Å². The molecule has 94 valence electrons. The molecule has 0 aliphatic carbocycles. The fourth-order valence-electron chi connectivity index (χ4n) is 1.77. The number of rotatable bonds is 3. The van der Waals surface area contributed by atoms with Crippen LogP contribution in [0, 0.1) is 12.7 Å². The smallest absolute Gasteiger partial charge is 0.167 e. The van der Waals surface area contributed by atoms with Gasteiger partial charge in [0.25, 0.3) is 0 Å². The Balaban J connectivity index is 2.43. The van der Waals surface area contributed by atoms with Crippen molar-refractivity contribution in [2.45, 2.75) is 19.9 Å². The molecule has 0 aliphatic heterocycles. The average Bonchev–Trinajstić information content (AvgIpc) is 2.34. The molecule has 0 spiro atoms. The van der Waals surface area contributed by atoms with Gasteiger partial charge in [0, 0.05) is 11.6 Å². The van der Waals surface area contributed by atoms with E-state index in [2.05, 4.69) is 0 Å². The summed E-state index contributed by atoms with van der Waals surface area (Å²) in [5.41, 5.74) is 7.45. The number of hydrogen-bond donors (Lipinski definition) is 1. The molecule has 0 radical (unpaired) electrons. The van der Waals surface area contributed by atoms with E-state index in [1.165, 1.54) is 6.07 Å². The Hall–Kier alpha value is -1.87. The molecule has 2 nitrogen and oxygen atoms in total. The highest BCUT2D eigenvalue weighted by Crippen LogP contribution is 2.32. The monoisotopic (exact) mass is 245 g/mol. The fraction of sp³-hybridized carbons (Fsp3) is 0.200. The van der Waals surface area contributed by atoms with E-state index in [4.69, 9.17) is 10.5 Å². The Labute approximate surface area is 106 Å². The van der Waals surface area contributed by atoms with Gasteiger partial charge in [0.05, 0.1) is 0 Å². The van der Waals surface area contributed by atoms with Crippen molar-refractivity contribution in [2.24, 2.45) is 5.73 Å². The summed E-state index contributed by atoms with van der Waals surface area (Å²) in [6.45, 7) is 3.72. The summed E-state index contributed by atoms with van der Waals surface area (Å²) in [5, 5.41) is 0. The number of nitrogens with two attached hydrogens (primary N) is 1. The molecule has 0 bridgehead atoms. The van der Waals surface area contributed by atoms with Gasteiger partial charge in [0.1, 0.15) is 5.75 Å². The van der Waals surface area contributed by atoms with Crippen LogP contribution >= 0.6 is 0 Å². The van der Waals surface area contributed by atoms with Crippen LogP contribution < -0.4 is 10.5 Å². The molecule has 0 fully saturated rings. The summed E-state index contributed by atoms with van der Waals surface area (Å²) in [5.74, 6) is 0.458. The molecule has 18 heavy (non-hydrogen) atoms. The first-order valence-corrected chi connectivity index (χ1v) is 5.87. The Morgan fingerprint density at radius 1 is 1.11 bits per heavy atom. The van der Waals surface area contributed by atoms with Crippen molar-refractivity contribution in [1.29, 1.82) is 0 Å². The number of para-hydroxylation sites is 2. The topological polar surface area (TPSA) is 35.2 Å². The molecule has 0 saturated heterocycles. The summed E-state index contributed by atoms with van der Waals surface area (Å²) in [4.78, 5) is 0. The van der Waals surface area contributed by atoms with E-state index in [1.54, 1.807) is 19.1 Å². The van der Waals surface area contributed by atoms with Gasteiger partial charge in [0.2, 0.25) is 0 Å². The lowest BCUT2D eigenvalue weighted by Gasteiger charge is -2.15. The summed E-state index contributed by atoms with van der Waals surface area (Å²) in [7, 11) is 0. The third kappa shape index (κ3) is 2.51. The Bertz CT molecular complexity index is 552. The summed E-state index contributed by atoms with van der Waals surface area (Å²) in [6, 6.07) is 12.0. The van der Waals surface area contributed by atoms with E-state index in [0.717, 1.165) is 5.56 Å². The molecule has 0 saturated carbocycles. The summed E-state index contributed by atoms with van der Waals surface area (Å²) in [6.07, 6.45) is 0. The van der Waals surface area contributed by atoms with Gasteiger partial charge in [-0.05, 0) is 31.5 Å². The van der Waals surface area contributed by atoms with Crippen LogP contribution in [0.5, 0.6) is 11.5 Å². The first kappa shape index (κ1) is 12.6. The normalized spacial score (nSPS) is 12.2. The number of hydrogen-bond acceptors (Lipinski definition) is 2. The van der Waals surface area contributed by atoms with Gasteiger partial charge in [-0.2, -0.15) is 0 Å². The van der Waals surface area contributed by atoms with Crippen molar-refractivity contribution in [1.82, 2.24) is 0 Å². The van der Waals surface area contributed by atoms with Crippen molar-refractivity contribution in [2.75, 3.05) is 0 Å². The Morgan fingerprint density at radius 2 is 1.83 bits per heavy atom. The molecule has 0 heterocycles. The number of aryl methyl sites for hydroxylation is 1. The van der Waals surface area contributed by atoms with Gasteiger partial charge in [0.15, 0.2) is 11.6 Å². The number of halogens is 1. The fourth-order valence-corrected chi connectivity index (χ4v) is 1.77. The maximum atomic E-state index is 13.8. The third-order valence-corrected chi connectivity index (χ3v) is 2.79. The van der Waals surface area contributed by atoms with Crippen LogP contribution in [0.25, 0.3) is 0 Å². The van der Waals surface area contributed by atoms with Gasteiger partial charge in [-0.1, -0.05) is 30.3 Å². The molecule has 2 N–H and O–H groups in total. The van der Waals surface area contributed by atoms with Crippen LogP contribution in [0.3, 0.4) is 0 Å². The van der Waals surface area contributed by atoms with E-state index in [1.807, 2.05) is 31.2 Å². The molecule has 0 aromatic heterocycles. The SMILES string of the molecule is Cc1ccccc1Oc1c(F)cccc1[C@@H](C)N. The lowest BCUT2D eigenvalue weighted by atomic mass is 10.1. The quantitative estimate of drug-likeness (QED) is 0.888. The Morgan fingerprint density at radius 3 is 2.50 bits per heavy atom. The molecule has 1 atom stereocenters. The van der Waals surface area contributed by atoms with Crippen molar-refractivity contribution in [3.8, 4) is 11.5 Å². The average molecular weight is 245 g/mol. The molecular formula is C15H16FNO. The molecule has 0 amide bonds. The van der Waals surface area contributed by atoms with Crippen molar-refractivity contribution in [3.63, 3.8) is 0 Å². The zero-order valence-electron chi connectivity index (χ0n) is 10.5. The van der Waals surface area contributed by atoms with E-state index in [9.17, 15) is 4.39 Å². The highest BCUT2D eigenvalue weighted by molar-refractivity contribution is 5.42. The van der Waals surface area contributed by atoms with E-state index >= 15 is 0 Å². The highest BCUT2D eigenvalue weighted by Gasteiger charge is 2.14. The zero-order chi connectivity index (χ0) is 13.1. The molecular weight excluding hydrogens is 229 g/mol. The zero-order valence-corrected chi connectivity index (χ0v) is 10.5. The van der Waals surface area contributed by atoms with E-state index < -0.39 is 5.82 Å². The van der Waals surface area contributed by atoms with Crippen LogP contribution in [0.15, 0.2) is 42.5 Å². The van der Waals surface area contributed by atoms with Crippen LogP contribution in [0.4, 0.5) is 4.39 Å². The van der Waals surface area contributed by atoms with Gasteiger partial charge < -0.3 is 10.5 Å². The van der Waals surface area contributed by atoms with Crippen LogP contribution in [-0.4, -0.2) is 0 Å². The molecule has 2 aromatic carbocycles. The predicted molar refractivity (Wildman–Crippen MR) is 70.3 cm³/mol. The van der Waals surface area contributed by atoms with Crippen molar-refractivity contribution < 1.29 is 9.13 Å². The summed E-state index contributed by atoms with van der Waals surface area (Å²) >= 11 is 0. The maximum absolute atomic E-state index is 13.8. The van der Waals surface area contributed by atoms with Gasteiger partial charge in [-0.25, -0.2) is 4.39 Å². The van der Waals surface area contributed by atoms with Crippen LogP contribution in [0.2, 0.25) is 0 Å². The molecule has 2 aromatic rings. The number of ether oxygens (including phenoxy) is 1. The second-order valence-electron chi connectivity index (χ2n) is 4.31. The van der Waals surface area contributed by atoms with Gasteiger partial charge >= 0.3 is 0 Å². The lowest BCUT2D eigenvalue weighted by molar-refractivity contribution is 0.430. The standard InChI is InChI=1S/C15H16FNO/c1-10-6-3-4-9-14(10)18-15-12(11(2)17)7-5-8-13(15)16/h3-9,11H,17H2,1-2H3/t11-/m1/s1. The first-order chi connectivity index (χ1) is 8.59. The second-order valence-corrected chi connectivity index (χ2v) is 4.31. The minimum atomic E-state index is -0.395. The van der Waals surface area contributed by atoms with Crippen LogP contribution in [0.1, 0.15) is 24.1 Å². The molecule has 0 unspecified atom stereocenters. The third-order valence-electron chi connectivity index (χ3n) is 2.79. The van der Waals surface area contributed by atoms with Gasteiger partial charge in [-0.3, -0.25) is 0 Å². The first-order valence-electron chi connectivity index (χ1n) is 5.87. The minimum Gasteiger partial charge on any atom is -0.454 e. The Kier molecular flexibility index (Phi) is 3.63. The number of benzene rings is 2. The van der Waals surface area contributed by atoms with Gasteiger partial charge in [-0.15, -0.1) is 0 Å². The van der Waals surface area contributed by atoms with Crippen molar-refractivity contribution >= 4 is 0 Å². The molecule has 3 heteroatoms. The largest absolute Gasteiger partial charge is 0.454 e. The minimum absolute atomic E-state index is 0.210. The van der Waals surface area contributed by atoms with E-state index in [-0.39, 0.29) is 11.8 Å². The lowest BCUT2D eigenvalue weighted by Crippen LogP contribution is -2.07. The maximum Gasteiger partial charge on any atom is 0.167 e.